The molecule has 43 heavy (non-hydrogen) atoms. The molecule has 0 aliphatic heterocycles. The molecule has 2 aromatic rings. The summed E-state index contributed by atoms with van der Waals surface area (Å²) in [4.78, 5) is 73.0. The fourth-order valence-electron chi connectivity index (χ4n) is 3.65. The van der Waals surface area contributed by atoms with E-state index >= 15 is 0 Å². The zero-order chi connectivity index (χ0) is 31.8. The van der Waals surface area contributed by atoms with Crippen LogP contribution in [-0.2, 0) is 23.9 Å². The number of amides is 4. The molecule has 232 valence electrons. The molecule has 0 bridgehead atoms. The van der Waals surface area contributed by atoms with Crippen molar-refractivity contribution in [2.45, 2.75) is 25.7 Å². The number of halogens is 4. The first-order valence-electron chi connectivity index (χ1n) is 13.0. The summed E-state index contributed by atoms with van der Waals surface area (Å²) in [7, 11) is 0. The number of ketones is 2. The van der Waals surface area contributed by atoms with Crippen molar-refractivity contribution in [3.63, 3.8) is 0 Å². The molecular formula is C28H30I4N4O7. The van der Waals surface area contributed by atoms with Gasteiger partial charge < -0.3 is 26.0 Å². The maximum absolute atomic E-state index is 12.7. The summed E-state index contributed by atoms with van der Waals surface area (Å²) in [5.41, 5.74) is 2.41. The van der Waals surface area contributed by atoms with E-state index in [0.717, 1.165) is 0 Å². The smallest absolute Gasteiger partial charge is 0.234 e. The summed E-state index contributed by atoms with van der Waals surface area (Å²) in [6.45, 7) is 0.666. The third-order valence-electron chi connectivity index (χ3n) is 5.65. The standard InChI is InChI=1S/C28H30I4N4O7/c29-13-25(39)33-19-7-5-17(11-21(19)35-27(41)15-31)23(37)3-1-9-43-10-2-4-24(38)18-6-8-20(34-26(40)14-30)22(12-18)36-28(42)16-32/h5-8,11-12H,1-4,9-10,13-16H2,(H,33,39)(H,34,40)(H,35,41)(H,36,42). The van der Waals surface area contributed by atoms with Crippen molar-refractivity contribution >= 4 is 148 Å². The number of benzene rings is 2. The van der Waals surface area contributed by atoms with Crippen LogP contribution in [0.25, 0.3) is 0 Å². The number of nitrogens with one attached hydrogen (secondary N) is 4. The summed E-state index contributed by atoms with van der Waals surface area (Å²) >= 11 is 7.74. The fraction of sp³-hybridized carbons (Fsp3) is 0.357. The van der Waals surface area contributed by atoms with E-state index in [0.29, 0.717) is 59.9 Å². The summed E-state index contributed by atoms with van der Waals surface area (Å²) < 4.78 is 6.57. The van der Waals surface area contributed by atoms with Gasteiger partial charge >= 0.3 is 0 Å². The number of hydrogen-bond donors (Lipinski definition) is 4. The topological polar surface area (TPSA) is 160 Å². The number of carbonyl (C=O) groups is 6. The third-order valence-corrected chi connectivity index (χ3v) is 8.42. The Morgan fingerprint density at radius 3 is 1.16 bits per heavy atom. The Hall–Kier alpha value is -1.46. The highest BCUT2D eigenvalue weighted by molar-refractivity contribution is 14.1. The first-order chi connectivity index (χ1) is 20.6. The lowest BCUT2D eigenvalue weighted by molar-refractivity contribution is -0.114. The molecule has 0 aliphatic carbocycles. The van der Waals surface area contributed by atoms with Crippen LogP contribution in [0.1, 0.15) is 46.4 Å². The number of rotatable bonds is 18. The van der Waals surface area contributed by atoms with Crippen molar-refractivity contribution in [2.75, 3.05) is 52.2 Å². The molecule has 0 atom stereocenters. The summed E-state index contributed by atoms with van der Waals surface area (Å²) in [5, 5.41) is 10.9. The molecule has 4 N–H and O–H groups in total. The highest BCUT2D eigenvalue weighted by atomic mass is 127. The summed E-state index contributed by atoms with van der Waals surface area (Å²) in [6, 6.07) is 9.54. The molecule has 0 saturated carbocycles. The number of ether oxygens (including phenoxy) is 1. The van der Waals surface area contributed by atoms with Gasteiger partial charge in [0.05, 0.1) is 40.5 Å². The van der Waals surface area contributed by atoms with Crippen molar-refractivity contribution in [3.05, 3.63) is 47.5 Å². The van der Waals surface area contributed by atoms with Crippen molar-refractivity contribution in [3.8, 4) is 0 Å². The minimum absolute atomic E-state index is 0.126. The minimum atomic E-state index is -0.248. The number of anilines is 4. The van der Waals surface area contributed by atoms with Crippen LogP contribution in [0.15, 0.2) is 36.4 Å². The lowest BCUT2D eigenvalue weighted by atomic mass is 10.0. The van der Waals surface area contributed by atoms with Gasteiger partial charge in [0, 0.05) is 37.2 Å². The number of carbonyl (C=O) groups excluding carboxylic acids is 6. The molecule has 15 heteroatoms. The van der Waals surface area contributed by atoms with Crippen molar-refractivity contribution < 1.29 is 33.5 Å². The lowest BCUT2D eigenvalue weighted by Gasteiger charge is -2.13. The van der Waals surface area contributed by atoms with E-state index in [-0.39, 0.29) is 65.7 Å². The Morgan fingerprint density at radius 1 is 0.512 bits per heavy atom. The van der Waals surface area contributed by atoms with Crippen molar-refractivity contribution in [1.29, 1.82) is 0 Å². The molecule has 0 heterocycles. The van der Waals surface area contributed by atoms with E-state index in [1.165, 1.54) is 0 Å². The number of Topliss-reactive ketones (excluding diaryl/α,β-unsaturated/α-hetero) is 2. The molecule has 0 saturated heterocycles. The number of hydrogen-bond acceptors (Lipinski definition) is 7. The van der Waals surface area contributed by atoms with Gasteiger partial charge in [0.25, 0.3) is 0 Å². The summed E-state index contributed by atoms with van der Waals surface area (Å²) in [5.74, 6) is -1.18. The minimum Gasteiger partial charge on any atom is -0.381 e. The van der Waals surface area contributed by atoms with Crippen LogP contribution in [0, 0.1) is 0 Å². The van der Waals surface area contributed by atoms with Gasteiger partial charge in [-0.15, -0.1) is 0 Å². The van der Waals surface area contributed by atoms with Crippen LogP contribution in [0.4, 0.5) is 22.7 Å². The van der Waals surface area contributed by atoms with Crippen LogP contribution in [0.5, 0.6) is 0 Å². The molecule has 0 fully saturated rings. The zero-order valence-corrected chi connectivity index (χ0v) is 31.5. The molecule has 0 aliphatic rings. The van der Waals surface area contributed by atoms with E-state index in [4.69, 9.17) is 4.74 Å². The van der Waals surface area contributed by atoms with Crippen LogP contribution in [-0.4, -0.2) is 66.1 Å². The normalized spacial score (nSPS) is 10.5. The van der Waals surface area contributed by atoms with Crippen LogP contribution < -0.4 is 21.3 Å². The maximum atomic E-state index is 12.7. The lowest BCUT2D eigenvalue weighted by Crippen LogP contribution is -2.18. The van der Waals surface area contributed by atoms with E-state index in [1.807, 2.05) is 90.4 Å². The van der Waals surface area contributed by atoms with Gasteiger partial charge in [-0.05, 0) is 49.2 Å². The van der Waals surface area contributed by atoms with Crippen LogP contribution in [0.2, 0.25) is 0 Å². The second kappa shape index (κ2) is 20.5. The van der Waals surface area contributed by atoms with Crippen molar-refractivity contribution in [2.24, 2.45) is 0 Å². The van der Waals surface area contributed by atoms with Gasteiger partial charge in [-0.3, -0.25) is 28.8 Å². The third kappa shape index (κ3) is 13.6. The predicted octanol–water partition coefficient (Wildman–Crippen LogP) is 5.82. The average Bonchev–Trinajstić information content (AvgIpc) is 3.01. The second-order valence-electron chi connectivity index (χ2n) is 8.91. The zero-order valence-electron chi connectivity index (χ0n) is 22.9. The monoisotopic (exact) mass is 1040 g/mol. The molecule has 2 rings (SSSR count). The van der Waals surface area contributed by atoms with Gasteiger partial charge in [-0.1, -0.05) is 90.4 Å². The van der Waals surface area contributed by atoms with Gasteiger partial charge in [-0.2, -0.15) is 0 Å². The quantitative estimate of drug-likeness (QED) is 0.0634. The molecule has 4 amide bonds. The van der Waals surface area contributed by atoms with Gasteiger partial charge in [0.15, 0.2) is 11.6 Å². The molecule has 0 unspecified atom stereocenters. The Bertz CT molecular complexity index is 1240. The largest absolute Gasteiger partial charge is 0.381 e. The van der Waals surface area contributed by atoms with E-state index < -0.39 is 0 Å². The summed E-state index contributed by atoms with van der Waals surface area (Å²) in [6.07, 6.45) is 1.40. The molecule has 0 aromatic heterocycles. The second-order valence-corrected chi connectivity index (χ2v) is 12.0. The average molecular weight is 1040 g/mol. The highest BCUT2D eigenvalue weighted by Crippen LogP contribution is 2.26. The predicted molar refractivity (Wildman–Crippen MR) is 201 cm³/mol. The molecule has 0 spiro atoms. The SMILES string of the molecule is O=C(CI)Nc1ccc(C(=O)CCCOCCCC(=O)c2ccc(NC(=O)CI)c(NC(=O)CI)c2)cc1NC(=O)CI. The first kappa shape index (κ1) is 37.7. The van der Waals surface area contributed by atoms with Crippen LogP contribution in [0.3, 0.4) is 0 Å². The molecule has 2 aromatic carbocycles. The Morgan fingerprint density at radius 2 is 0.837 bits per heavy atom. The van der Waals surface area contributed by atoms with Crippen molar-refractivity contribution in [1.82, 2.24) is 0 Å². The Balaban J connectivity index is 1.84. The van der Waals surface area contributed by atoms with Gasteiger partial charge in [0.1, 0.15) is 0 Å². The Labute approximate surface area is 304 Å². The van der Waals surface area contributed by atoms with Crippen LogP contribution >= 0.6 is 90.4 Å². The Kier molecular flexibility index (Phi) is 18.0. The van der Waals surface area contributed by atoms with E-state index in [9.17, 15) is 28.8 Å². The maximum Gasteiger partial charge on any atom is 0.234 e. The van der Waals surface area contributed by atoms with Gasteiger partial charge in [0.2, 0.25) is 23.6 Å². The highest BCUT2D eigenvalue weighted by Gasteiger charge is 2.15. The molecular weight excluding hydrogens is 1010 g/mol. The fourth-order valence-corrected chi connectivity index (χ4v) is 4.42. The van der Waals surface area contributed by atoms with E-state index in [2.05, 4.69) is 21.3 Å². The molecule has 0 radical (unpaired) electrons. The molecule has 11 nitrogen and oxygen atoms in total. The first-order valence-corrected chi connectivity index (χ1v) is 19.1. The van der Waals surface area contributed by atoms with E-state index in [1.54, 1.807) is 36.4 Å². The van der Waals surface area contributed by atoms with Gasteiger partial charge in [-0.25, -0.2) is 0 Å². The number of alkyl halides is 4.